The predicted molar refractivity (Wildman–Crippen MR) is 60.5 cm³/mol. The fourth-order valence-electron chi connectivity index (χ4n) is 2.38. The zero-order chi connectivity index (χ0) is 10.6. The van der Waals surface area contributed by atoms with Crippen molar-refractivity contribution in [1.29, 1.82) is 0 Å². The minimum absolute atomic E-state index is 0.211. The van der Waals surface area contributed by atoms with E-state index >= 15 is 0 Å². The quantitative estimate of drug-likeness (QED) is 0.710. The maximum absolute atomic E-state index is 5.65. The van der Waals surface area contributed by atoms with Gasteiger partial charge in [-0.05, 0) is 45.1 Å². The molecule has 1 N–H and O–H groups in total. The molecule has 0 aromatic heterocycles. The van der Waals surface area contributed by atoms with Crippen molar-refractivity contribution in [3.05, 3.63) is 0 Å². The third-order valence-electron chi connectivity index (χ3n) is 3.48. The first-order valence-corrected chi connectivity index (χ1v) is 5.84. The van der Waals surface area contributed by atoms with Gasteiger partial charge < -0.3 is 10.1 Å². The van der Waals surface area contributed by atoms with E-state index in [2.05, 4.69) is 26.2 Å². The second-order valence-electron chi connectivity index (χ2n) is 5.06. The molecule has 1 atom stereocenters. The monoisotopic (exact) mass is 199 g/mol. The van der Waals surface area contributed by atoms with E-state index in [1.54, 1.807) is 0 Å². The Morgan fingerprint density at radius 3 is 2.29 bits per heavy atom. The summed E-state index contributed by atoms with van der Waals surface area (Å²) in [4.78, 5) is 0. The topological polar surface area (TPSA) is 21.3 Å². The molecule has 2 heteroatoms. The Hall–Kier alpha value is -0.0800. The fraction of sp³-hybridized carbons (Fsp3) is 1.00. The van der Waals surface area contributed by atoms with Gasteiger partial charge in [-0.3, -0.25) is 0 Å². The van der Waals surface area contributed by atoms with Crippen LogP contribution < -0.4 is 5.32 Å². The molecule has 0 spiro atoms. The second kappa shape index (κ2) is 5.13. The van der Waals surface area contributed by atoms with E-state index in [1.165, 1.54) is 32.1 Å². The van der Waals surface area contributed by atoms with Gasteiger partial charge in [0.05, 0.1) is 5.60 Å². The summed E-state index contributed by atoms with van der Waals surface area (Å²) >= 11 is 0. The lowest BCUT2D eigenvalue weighted by Gasteiger charge is -2.43. The van der Waals surface area contributed by atoms with Crippen LogP contribution in [0.2, 0.25) is 0 Å². The number of hydrogen-bond donors (Lipinski definition) is 1. The highest BCUT2D eigenvalue weighted by atomic mass is 16.5. The van der Waals surface area contributed by atoms with Gasteiger partial charge in [0.15, 0.2) is 0 Å². The first kappa shape index (κ1) is 12.0. The first-order chi connectivity index (χ1) is 6.62. The van der Waals surface area contributed by atoms with Gasteiger partial charge >= 0.3 is 0 Å². The molecular formula is C12H25NO. The van der Waals surface area contributed by atoms with Crippen LogP contribution in [0, 0.1) is 5.92 Å². The van der Waals surface area contributed by atoms with E-state index in [0.29, 0.717) is 6.04 Å². The molecule has 1 fully saturated rings. The van der Waals surface area contributed by atoms with Crippen molar-refractivity contribution in [1.82, 2.24) is 5.32 Å². The van der Waals surface area contributed by atoms with Crippen LogP contribution in [0.1, 0.15) is 46.0 Å². The zero-order valence-electron chi connectivity index (χ0n) is 10.1. The number of ether oxygens (including phenoxy) is 1. The zero-order valence-corrected chi connectivity index (χ0v) is 10.1. The lowest BCUT2D eigenvalue weighted by Crippen LogP contribution is -2.45. The Morgan fingerprint density at radius 1 is 1.36 bits per heavy atom. The van der Waals surface area contributed by atoms with E-state index in [4.69, 9.17) is 4.74 Å². The van der Waals surface area contributed by atoms with Gasteiger partial charge in [0.2, 0.25) is 0 Å². The van der Waals surface area contributed by atoms with E-state index in [9.17, 15) is 0 Å². The molecular weight excluding hydrogens is 174 g/mol. The molecule has 0 amide bonds. The Bertz CT molecular complexity index is 158. The lowest BCUT2D eigenvalue weighted by molar-refractivity contribution is -0.0840. The molecule has 1 rings (SSSR count). The highest BCUT2D eigenvalue weighted by Gasteiger charge is 2.38. The average molecular weight is 199 g/mol. The molecule has 1 saturated carbocycles. The van der Waals surface area contributed by atoms with Gasteiger partial charge in [-0.15, -0.1) is 0 Å². The highest BCUT2D eigenvalue weighted by molar-refractivity contribution is 4.93. The van der Waals surface area contributed by atoms with Gasteiger partial charge in [-0.25, -0.2) is 0 Å². The van der Waals surface area contributed by atoms with Gasteiger partial charge in [-0.1, -0.05) is 13.8 Å². The van der Waals surface area contributed by atoms with Crippen LogP contribution in [0.25, 0.3) is 0 Å². The van der Waals surface area contributed by atoms with Crippen LogP contribution in [0.4, 0.5) is 0 Å². The molecule has 84 valence electrons. The second-order valence-corrected chi connectivity index (χ2v) is 5.06. The molecule has 2 nitrogen and oxygen atoms in total. The van der Waals surface area contributed by atoms with E-state index < -0.39 is 0 Å². The summed E-state index contributed by atoms with van der Waals surface area (Å²) in [5.74, 6) is 0.765. The summed E-state index contributed by atoms with van der Waals surface area (Å²) in [6.45, 7) is 4.56. The fourth-order valence-corrected chi connectivity index (χ4v) is 2.38. The molecule has 1 aliphatic carbocycles. The van der Waals surface area contributed by atoms with E-state index in [1.807, 2.05) is 7.11 Å². The normalized spacial score (nSPS) is 22.1. The Kier molecular flexibility index (Phi) is 4.39. The van der Waals surface area contributed by atoms with Crippen molar-refractivity contribution < 1.29 is 4.74 Å². The van der Waals surface area contributed by atoms with Crippen LogP contribution in [0.5, 0.6) is 0 Å². The lowest BCUT2D eigenvalue weighted by atomic mass is 9.74. The third-order valence-corrected chi connectivity index (χ3v) is 3.48. The predicted octanol–water partition coefficient (Wildman–Crippen LogP) is 2.58. The average Bonchev–Trinajstić information content (AvgIpc) is 2.08. The molecule has 0 aliphatic heterocycles. The molecule has 1 aliphatic rings. The van der Waals surface area contributed by atoms with Crippen molar-refractivity contribution in [3.63, 3.8) is 0 Å². The van der Waals surface area contributed by atoms with E-state index in [-0.39, 0.29) is 5.60 Å². The van der Waals surface area contributed by atoms with Crippen LogP contribution in [0.15, 0.2) is 0 Å². The molecule has 14 heavy (non-hydrogen) atoms. The largest absolute Gasteiger partial charge is 0.378 e. The number of nitrogens with one attached hydrogen (secondary N) is 1. The summed E-state index contributed by atoms with van der Waals surface area (Å²) in [7, 11) is 3.93. The van der Waals surface area contributed by atoms with Crippen LogP contribution in [0.3, 0.4) is 0 Å². The third kappa shape index (κ3) is 2.96. The summed E-state index contributed by atoms with van der Waals surface area (Å²) in [5.41, 5.74) is 0.211. The van der Waals surface area contributed by atoms with Gasteiger partial charge in [0, 0.05) is 13.2 Å². The minimum atomic E-state index is 0.211. The highest BCUT2D eigenvalue weighted by Crippen LogP contribution is 2.39. The number of hydrogen-bond acceptors (Lipinski definition) is 2. The Morgan fingerprint density at radius 2 is 2.00 bits per heavy atom. The summed E-state index contributed by atoms with van der Waals surface area (Å²) in [6, 6.07) is 0.621. The van der Waals surface area contributed by atoms with E-state index in [0.717, 1.165) is 5.92 Å². The van der Waals surface area contributed by atoms with Crippen molar-refractivity contribution in [2.24, 2.45) is 5.92 Å². The molecule has 0 radical (unpaired) electrons. The van der Waals surface area contributed by atoms with Crippen LogP contribution in [-0.2, 0) is 4.74 Å². The first-order valence-electron chi connectivity index (χ1n) is 5.84. The maximum atomic E-state index is 5.65. The minimum Gasteiger partial charge on any atom is -0.378 e. The van der Waals surface area contributed by atoms with Crippen LogP contribution >= 0.6 is 0 Å². The molecule has 0 bridgehead atoms. The molecule has 0 heterocycles. The molecule has 0 saturated heterocycles. The summed E-state index contributed by atoms with van der Waals surface area (Å²) in [6.07, 6.45) is 6.27. The Balaban J connectivity index is 2.38. The van der Waals surface area contributed by atoms with Crippen molar-refractivity contribution in [3.8, 4) is 0 Å². The van der Waals surface area contributed by atoms with Crippen molar-refractivity contribution in [2.75, 3.05) is 14.2 Å². The molecule has 0 aromatic rings. The van der Waals surface area contributed by atoms with Gasteiger partial charge in [0.1, 0.15) is 0 Å². The SMILES string of the molecule is CNC(CC(C)C)CC1(OC)CCC1. The number of rotatable bonds is 6. The van der Waals surface area contributed by atoms with Crippen LogP contribution in [-0.4, -0.2) is 25.8 Å². The summed E-state index contributed by atoms with van der Waals surface area (Å²) in [5, 5.41) is 3.41. The molecule has 0 aromatic carbocycles. The van der Waals surface area contributed by atoms with Crippen molar-refractivity contribution >= 4 is 0 Å². The van der Waals surface area contributed by atoms with Gasteiger partial charge in [-0.2, -0.15) is 0 Å². The maximum Gasteiger partial charge on any atom is 0.0693 e. The molecule has 1 unspecified atom stereocenters. The Labute approximate surface area is 88.4 Å². The standard InChI is InChI=1S/C12H25NO/c1-10(2)8-11(13-3)9-12(14-4)6-5-7-12/h10-11,13H,5-9H2,1-4H3. The summed E-state index contributed by atoms with van der Waals surface area (Å²) < 4.78 is 5.65. The van der Waals surface area contributed by atoms with Gasteiger partial charge in [0.25, 0.3) is 0 Å². The number of methoxy groups -OCH3 is 1. The smallest absolute Gasteiger partial charge is 0.0693 e. The van der Waals surface area contributed by atoms with Crippen molar-refractivity contribution in [2.45, 2.75) is 57.6 Å².